The lowest BCUT2D eigenvalue weighted by atomic mass is 10.1. The minimum absolute atomic E-state index is 0.0192. The van der Waals surface area contributed by atoms with Gasteiger partial charge in [-0.1, -0.05) is 40.9 Å². The first-order valence-electron chi connectivity index (χ1n) is 10.6. The first kappa shape index (κ1) is 28.0. The van der Waals surface area contributed by atoms with Crippen molar-refractivity contribution in [3.05, 3.63) is 87.4 Å². The minimum Gasteiger partial charge on any atom is -0.465 e. The summed E-state index contributed by atoms with van der Waals surface area (Å²) in [5.74, 6) is -2.26. The molecule has 3 rings (SSSR count). The van der Waals surface area contributed by atoms with Crippen LogP contribution in [0.5, 0.6) is 0 Å². The average molecular weight is 565 g/mol. The molecule has 3 aromatic rings. The third-order valence-corrected chi connectivity index (χ3v) is 7.67. The summed E-state index contributed by atoms with van der Waals surface area (Å²) in [5, 5.41) is 2.82. The fourth-order valence-electron chi connectivity index (χ4n) is 3.29. The third-order valence-electron chi connectivity index (χ3n) is 5.15. The SMILES string of the molecule is COC(=O)c1cc(NC(=O)CN(c2ccc(Cl)c(Cl)c2)S(=O)(=O)c2ccc(C)cc2)cc(C(=O)OC)c1. The standard InChI is InChI=1S/C25H22Cl2N2O7S/c1-15-4-7-20(8-5-15)37(33,34)29(19-6-9-21(26)22(27)13-19)14-23(30)28-18-11-16(24(31)35-2)10-17(12-18)25(32)36-3/h4-13H,14H2,1-3H3,(H,28,30). The summed E-state index contributed by atoms with van der Waals surface area (Å²) in [6.07, 6.45) is 0. The molecule has 0 aliphatic carbocycles. The summed E-state index contributed by atoms with van der Waals surface area (Å²) in [7, 11) is -1.89. The van der Waals surface area contributed by atoms with E-state index in [1.807, 2.05) is 6.92 Å². The van der Waals surface area contributed by atoms with E-state index in [4.69, 9.17) is 32.7 Å². The van der Waals surface area contributed by atoms with Gasteiger partial charge in [0, 0.05) is 5.69 Å². The predicted molar refractivity (Wildman–Crippen MR) is 140 cm³/mol. The molecular weight excluding hydrogens is 543 g/mol. The molecule has 9 nitrogen and oxygen atoms in total. The van der Waals surface area contributed by atoms with Gasteiger partial charge >= 0.3 is 11.9 Å². The number of methoxy groups -OCH3 is 2. The molecule has 12 heteroatoms. The number of carbonyl (C=O) groups is 3. The molecule has 194 valence electrons. The van der Waals surface area contributed by atoms with Gasteiger partial charge in [-0.3, -0.25) is 9.10 Å². The quantitative estimate of drug-likeness (QED) is 0.393. The number of rotatable bonds is 8. The molecule has 0 aromatic heterocycles. The van der Waals surface area contributed by atoms with Crippen LogP contribution in [0.2, 0.25) is 10.0 Å². The van der Waals surface area contributed by atoms with E-state index < -0.39 is 34.4 Å². The van der Waals surface area contributed by atoms with Crippen LogP contribution < -0.4 is 9.62 Å². The van der Waals surface area contributed by atoms with Gasteiger partial charge in [0.15, 0.2) is 0 Å². The van der Waals surface area contributed by atoms with Crippen LogP contribution in [-0.2, 0) is 24.3 Å². The highest BCUT2D eigenvalue weighted by Gasteiger charge is 2.28. The molecule has 0 bridgehead atoms. The maximum absolute atomic E-state index is 13.5. The van der Waals surface area contributed by atoms with Crippen molar-refractivity contribution in [2.24, 2.45) is 0 Å². The first-order chi connectivity index (χ1) is 17.5. The van der Waals surface area contributed by atoms with E-state index in [9.17, 15) is 22.8 Å². The molecule has 0 saturated carbocycles. The molecule has 0 unspecified atom stereocenters. The Balaban J connectivity index is 2.00. The highest BCUT2D eigenvalue weighted by molar-refractivity contribution is 7.92. The van der Waals surface area contributed by atoms with E-state index in [0.29, 0.717) is 0 Å². The monoisotopic (exact) mass is 564 g/mol. The number of benzene rings is 3. The van der Waals surface area contributed by atoms with Crippen LogP contribution in [0.3, 0.4) is 0 Å². The summed E-state index contributed by atoms with van der Waals surface area (Å²) >= 11 is 12.1. The lowest BCUT2D eigenvalue weighted by molar-refractivity contribution is -0.114. The average Bonchev–Trinajstić information content (AvgIpc) is 2.87. The summed E-state index contributed by atoms with van der Waals surface area (Å²) in [5.41, 5.74) is 0.965. The number of aryl methyl sites for hydroxylation is 1. The lowest BCUT2D eigenvalue weighted by Gasteiger charge is -2.24. The fourth-order valence-corrected chi connectivity index (χ4v) is 5.00. The number of carbonyl (C=O) groups excluding carboxylic acids is 3. The minimum atomic E-state index is -4.22. The van der Waals surface area contributed by atoms with E-state index in [-0.39, 0.29) is 37.4 Å². The van der Waals surface area contributed by atoms with Gasteiger partial charge in [-0.05, 0) is 55.5 Å². The van der Waals surface area contributed by atoms with Crippen LogP contribution in [-0.4, -0.2) is 47.0 Å². The zero-order valence-corrected chi connectivity index (χ0v) is 22.3. The Morgan fingerprint density at radius 2 is 1.41 bits per heavy atom. The predicted octanol–water partition coefficient (Wildman–Crippen LogP) is 4.71. The molecule has 0 spiro atoms. The zero-order chi connectivity index (χ0) is 27.3. The smallest absolute Gasteiger partial charge is 0.337 e. The van der Waals surface area contributed by atoms with E-state index in [0.717, 1.165) is 24.1 Å². The van der Waals surface area contributed by atoms with Crippen molar-refractivity contribution in [1.29, 1.82) is 0 Å². The van der Waals surface area contributed by atoms with Crippen molar-refractivity contribution < 1.29 is 32.3 Å². The molecule has 0 atom stereocenters. The van der Waals surface area contributed by atoms with Gasteiger partial charge in [0.05, 0.1) is 46.0 Å². The Bertz CT molecular complexity index is 1420. The largest absolute Gasteiger partial charge is 0.465 e. The number of nitrogens with one attached hydrogen (secondary N) is 1. The summed E-state index contributed by atoms with van der Waals surface area (Å²) in [4.78, 5) is 37.1. The van der Waals surface area contributed by atoms with Crippen LogP contribution >= 0.6 is 23.2 Å². The Morgan fingerprint density at radius 3 is 1.92 bits per heavy atom. The number of amides is 1. The second kappa shape index (κ2) is 11.6. The van der Waals surface area contributed by atoms with Gasteiger partial charge in [0.1, 0.15) is 6.54 Å². The molecule has 37 heavy (non-hydrogen) atoms. The second-order valence-corrected chi connectivity index (χ2v) is 10.4. The summed E-state index contributed by atoms with van der Waals surface area (Å²) in [6.45, 7) is 1.15. The molecule has 0 saturated heterocycles. The topological polar surface area (TPSA) is 119 Å². The van der Waals surface area contributed by atoms with E-state index in [1.165, 1.54) is 48.5 Å². The fraction of sp³-hybridized carbons (Fsp3) is 0.160. The van der Waals surface area contributed by atoms with Gasteiger partial charge in [-0.15, -0.1) is 0 Å². The number of hydrogen-bond donors (Lipinski definition) is 1. The van der Waals surface area contributed by atoms with Crippen molar-refractivity contribution in [2.45, 2.75) is 11.8 Å². The zero-order valence-electron chi connectivity index (χ0n) is 19.9. The molecule has 1 N–H and O–H groups in total. The molecule has 0 fully saturated rings. The van der Waals surface area contributed by atoms with Crippen molar-refractivity contribution in [3.63, 3.8) is 0 Å². The molecule has 0 heterocycles. The van der Waals surface area contributed by atoms with Gasteiger partial charge in [0.2, 0.25) is 5.91 Å². The normalized spacial score (nSPS) is 10.9. The summed E-state index contributed by atoms with van der Waals surface area (Å²) in [6, 6.07) is 14.1. The number of anilines is 2. The van der Waals surface area contributed by atoms with E-state index in [1.54, 1.807) is 12.1 Å². The van der Waals surface area contributed by atoms with Gasteiger partial charge in [-0.25, -0.2) is 18.0 Å². The van der Waals surface area contributed by atoms with Crippen LogP contribution in [0.25, 0.3) is 0 Å². The maximum atomic E-state index is 13.5. The molecule has 1 amide bonds. The number of esters is 2. The van der Waals surface area contributed by atoms with Crippen LogP contribution in [0.1, 0.15) is 26.3 Å². The van der Waals surface area contributed by atoms with Gasteiger partial charge in [0.25, 0.3) is 10.0 Å². The van der Waals surface area contributed by atoms with E-state index >= 15 is 0 Å². The number of ether oxygens (including phenoxy) is 2. The number of halogens is 2. The maximum Gasteiger partial charge on any atom is 0.337 e. The molecular formula is C25H22Cl2N2O7S. The lowest BCUT2D eigenvalue weighted by Crippen LogP contribution is -2.38. The Labute approximate surface area is 223 Å². The Kier molecular flexibility index (Phi) is 8.80. The number of nitrogens with zero attached hydrogens (tertiary/aromatic N) is 1. The van der Waals surface area contributed by atoms with Crippen LogP contribution in [0.15, 0.2) is 65.6 Å². The second-order valence-electron chi connectivity index (χ2n) is 7.75. The number of sulfonamides is 1. The van der Waals surface area contributed by atoms with Crippen LogP contribution in [0.4, 0.5) is 11.4 Å². The van der Waals surface area contributed by atoms with Crippen molar-refractivity contribution in [1.82, 2.24) is 0 Å². The molecule has 3 aromatic carbocycles. The molecule has 0 aliphatic heterocycles. The Morgan fingerprint density at radius 1 is 0.838 bits per heavy atom. The van der Waals surface area contributed by atoms with Gasteiger partial charge in [-0.2, -0.15) is 0 Å². The molecule has 0 aliphatic rings. The van der Waals surface area contributed by atoms with Crippen LogP contribution in [0, 0.1) is 6.92 Å². The van der Waals surface area contributed by atoms with Gasteiger partial charge < -0.3 is 14.8 Å². The highest BCUT2D eigenvalue weighted by Crippen LogP contribution is 2.30. The van der Waals surface area contributed by atoms with Crippen molar-refractivity contribution in [2.75, 3.05) is 30.4 Å². The van der Waals surface area contributed by atoms with E-state index in [2.05, 4.69) is 5.32 Å². The molecule has 0 radical (unpaired) electrons. The van der Waals surface area contributed by atoms with Crippen molar-refractivity contribution in [3.8, 4) is 0 Å². The first-order valence-corrected chi connectivity index (χ1v) is 12.8. The summed E-state index contributed by atoms with van der Waals surface area (Å²) < 4.78 is 37.3. The third kappa shape index (κ3) is 6.59. The van der Waals surface area contributed by atoms with Crippen molar-refractivity contribution >= 4 is 62.4 Å². The number of hydrogen-bond acceptors (Lipinski definition) is 7. The highest BCUT2D eigenvalue weighted by atomic mass is 35.5. The Hall–Kier alpha value is -3.60.